The zero-order chi connectivity index (χ0) is 26.5. The Labute approximate surface area is 222 Å². The summed E-state index contributed by atoms with van der Waals surface area (Å²) in [5.41, 5.74) is 4.15. The van der Waals surface area contributed by atoms with Crippen LogP contribution in [0.5, 0.6) is 17.2 Å². The molecular formula is C31H31FN4O2. The molecule has 7 heteroatoms. The van der Waals surface area contributed by atoms with E-state index < -0.39 is 5.82 Å². The van der Waals surface area contributed by atoms with E-state index in [0.29, 0.717) is 5.75 Å². The standard InChI is InChI=1S/C31H31FN4O2/c1-22-30(24-14-16-25(17-15-24)38-28-13-7-12-27(37-3)29(28)32)34-31(36(22)20-18-33-2)26-11-8-19-35(26)21-23-9-5-4-6-10-23/h4-7,9-10,12-18,20,26H,2,8,11,19,21H2,1,3H3/b20-18-/t26-/m0/s1. The van der Waals surface area contributed by atoms with E-state index in [0.717, 1.165) is 48.7 Å². The lowest BCUT2D eigenvalue weighted by Crippen LogP contribution is -2.24. The summed E-state index contributed by atoms with van der Waals surface area (Å²) in [6.45, 7) is 7.56. The zero-order valence-corrected chi connectivity index (χ0v) is 21.7. The van der Waals surface area contributed by atoms with Crippen LogP contribution in [0.2, 0.25) is 0 Å². The summed E-state index contributed by atoms with van der Waals surface area (Å²) in [6.07, 6.45) is 5.78. The van der Waals surface area contributed by atoms with E-state index in [1.165, 1.54) is 12.7 Å². The van der Waals surface area contributed by atoms with Crippen LogP contribution >= 0.6 is 0 Å². The van der Waals surface area contributed by atoms with Crippen molar-refractivity contribution in [3.63, 3.8) is 0 Å². The molecule has 1 saturated heterocycles. The molecule has 1 aliphatic rings. The zero-order valence-electron chi connectivity index (χ0n) is 21.7. The van der Waals surface area contributed by atoms with E-state index in [1.54, 1.807) is 24.4 Å². The van der Waals surface area contributed by atoms with Crippen LogP contribution in [0.1, 0.15) is 36.0 Å². The monoisotopic (exact) mass is 510 g/mol. The fourth-order valence-corrected chi connectivity index (χ4v) is 5.01. The van der Waals surface area contributed by atoms with Gasteiger partial charge in [-0.25, -0.2) is 4.98 Å². The number of imidazole rings is 1. The second-order valence-electron chi connectivity index (χ2n) is 9.27. The van der Waals surface area contributed by atoms with Gasteiger partial charge in [-0.2, -0.15) is 4.39 Å². The lowest BCUT2D eigenvalue weighted by molar-refractivity contribution is 0.239. The van der Waals surface area contributed by atoms with Gasteiger partial charge in [0, 0.05) is 30.2 Å². The van der Waals surface area contributed by atoms with Gasteiger partial charge in [0.15, 0.2) is 11.5 Å². The number of aliphatic imine (C=N–C) groups is 1. The van der Waals surface area contributed by atoms with Crippen molar-refractivity contribution in [1.82, 2.24) is 14.5 Å². The smallest absolute Gasteiger partial charge is 0.207 e. The Hall–Kier alpha value is -4.23. The highest BCUT2D eigenvalue weighted by Crippen LogP contribution is 2.37. The maximum absolute atomic E-state index is 14.5. The van der Waals surface area contributed by atoms with Crippen LogP contribution in [0.25, 0.3) is 17.5 Å². The Bertz CT molecular complexity index is 1430. The topological polar surface area (TPSA) is 51.9 Å². The molecule has 4 aromatic rings. The number of hydrogen-bond acceptors (Lipinski definition) is 5. The van der Waals surface area contributed by atoms with Crippen molar-refractivity contribution in [2.75, 3.05) is 13.7 Å². The minimum Gasteiger partial charge on any atom is -0.494 e. The molecule has 3 aromatic carbocycles. The molecule has 194 valence electrons. The first-order valence-corrected chi connectivity index (χ1v) is 12.7. The number of methoxy groups -OCH3 is 1. The third-order valence-corrected chi connectivity index (χ3v) is 6.89. The second kappa shape index (κ2) is 11.4. The molecule has 0 radical (unpaired) electrons. The summed E-state index contributed by atoms with van der Waals surface area (Å²) in [5, 5.41) is 0. The van der Waals surface area contributed by atoms with Gasteiger partial charge in [0.1, 0.15) is 11.6 Å². The molecule has 1 aromatic heterocycles. The van der Waals surface area contributed by atoms with Crippen LogP contribution in [-0.2, 0) is 6.54 Å². The molecule has 0 aliphatic carbocycles. The molecule has 0 saturated carbocycles. The summed E-state index contributed by atoms with van der Waals surface area (Å²) >= 11 is 0. The fourth-order valence-electron chi connectivity index (χ4n) is 5.01. The molecule has 6 nitrogen and oxygen atoms in total. The lowest BCUT2D eigenvalue weighted by atomic mass is 10.1. The van der Waals surface area contributed by atoms with Gasteiger partial charge >= 0.3 is 0 Å². The van der Waals surface area contributed by atoms with E-state index in [4.69, 9.17) is 14.5 Å². The molecule has 0 amide bonds. The van der Waals surface area contributed by atoms with Gasteiger partial charge in [-0.15, -0.1) is 0 Å². The van der Waals surface area contributed by atoms with Gasteiger partial charge in [-0.05, 0) is 75.0 Å². The van der Waals surface area contributed by atoms with Crippen LogP contribution in [-0.4, -0.2) is 34.8 Å². The van der Waals surface area contributed by atoms with Crippen molar-refractivity contribution >= 4 is 12.9 Å². The minimum absolute atomic E-state index is 0.113. The Morgan fingerprint density at radius 3 is 2.55 bits per heavy atom. The Morgan fingerprint density at radius 1 is 1.05 bits per heavy atom. The molecule has 0 bridgehead atoms. The van der Waals surface area contributed by atoms with E-state index in [9.17, 15) is 4.39 Å². The number of rotatable bonds is 9. The molecule has 1 fully saturated rings. The highest BCUT2D eigenvalue weighted by molar-refractivity contribution is 5.64. The maximum atomic E-state index is 14.5. The Kier molecular flexibility index (Phi) is 7.65. The van der Waals surface area contributed by atoms with Crippen molar-refractivity contribution in [2.45, 2.75) is 32.4 Å². The fraction of sp³-hybridized carbons (Fsp3) is 0.226. The first-order valence-electron chi connectivity index (χ1n) is 12.7. The van der Waals surface area contributed by atoms with E-state index in [-0.39, 0.29) is 17.5 Å². The lowest BCUT2D eigenvalue weighted by Gasteiger charge is -2.24. The number of aromatic nitrogens is 2. The second-order valence-corrected chi connectivity index (χ2v) is 9.27. The van der Waals surface area contributed by atoms with E-state index >= 15 is 0 Å². The van der Waals surface area contributed by atoms with Gasteiger partial charge in [-0.3, -0.25) is 9.89 Å². The van der Waals surface area contributed by atoms with Crippen LogP contribution < -0.4 is 9.47 Å². The van der Waals surface area contributed by atoms with Gasteiger partial charge in [0.2, 0.25) is 5.82 Å². The molecule has 0 spiro atoms. The summed E-state index contributed by atoms with van der Waals surface area (Å²) in [7, 11) is 1.43. The first kappa shape index (κ1) is 25.4. The predicted molar refractivity (Wildman–Crippen MR) is 149 cm³/mol. The third kappa shape index (κ3) is 5.24. The Balaban J connectivity index is 1.44. The molecule has 1 atom stereocenters. The van der Waals surface area contributed by atoms with Crippen LogP contribution in [0.3, 0.4) is 0 Å². The minimum atomic E-state index is -0.530. The van der Waals surface area contributed by atoms with Crippen molar-refractivity contribution in [3.05, 3.63) is 102 Å². The number of hydrogen-bond donors (Lipinski definition) is 0. The molecule has 2 heterocycles. The molecule has 0 N–H and O–H groups in total. The summed E-state index contributed by atoms with van der Waals surface area (Å²) in [6, 6.07) is 23.1. The van der Waals surface area contributed by atoms with E-state index in [1.807, 2.05) is 36.5 Å². The van der Waals surface area contributed by atoms with Crippen molar-refractivity contribution in [2.24, 2.45) is 4.99 Å². The largest absolute Gasteiger partial charge is 0.494 e. The van der Waals surface area contributed by atoms with Crippen molar-refractivity contribution < 1.29 is 13.9 Å². The number of halogens is 1. The quantitative estimate of drug-likeness (QED) is 0.222. The van der Waals surface area contributed by atoms with Gasteiger partial charge < -0.3 is 14.0 Å². The number of ether oxygens (including phenoxy) is 2. The molecule has 5 rings (SSSR count). The first-order chi connectivity index (χ1) is 18.6. The van der Waals surface area contributed by atoms with Gasteiger partial charge in [0.25, 0.3) is 0 Å². The average molecular weight is 511 g/mol. The van der Waals surface area contributed by atoms with Gasteiger partial charge in [-0.1, -0.05) is 36.4 Å². The highest BCUT2D eigenvalue weighted by Gasteiger charge is 2.31. The number of benzene rings is 3. The maximum Gasteiger partial charge on any atom is 0.207 e. The van der Waals surface area contributed by atoms with Gasteiger partial charge in [0.05, 0.1) is 18.8 Å². The summed E-state index contributed by atoms with van der Waals surface area (Å²) < 4.78 is 27.5. The highest BCUT2D eigenvalue weighted by atomic mass is 19.1. The van der Waals surface area contributed by atoms with Crippen molar-refractivity contribution in [3.8, 4) is 28.5 Å². The normalized spacial score (nSPS) is 15.7. The van der Waals surface area contributed by atoms with E-state index in [2.05, 4.69) is 52.4 Å². The Morgan fingerprint density at radius 2 is 1.82 bits per heavy atom. The average Bonchev–Trinajstić information content (AvgIpc) is 3.53. The predicted octanol–water partition coefficient (Wildman–Crippen LogP) is 7.26. The number of nitrogens with zero attached hydrogens (tertiary/aromatic N) is 4. The van der Waals surface area contributed by atoms with Crippen LogP contribution in [0, 0.1) is 12.7 Å². The van der Waals surface area contributed by atoms with Crippen LogP contribution in [0.15, 0.2) is 84.0 Å². The molecule has 0 unspecified atom stereocenters. The molecule has 1 aliphatic heterocycles. The summed E-state index contributed by atoms with van der Waals surface area (Å²) in [5.74, 6) is 1.24. The third-order valence-electron chi connectivity index (χ3n) is 6.89. The molecule has 38 heavy (non-hydrogen) atoms. The van der Waals surface area contributed by atoms with Crippen LogP contribution in [0.4, 0.5) is 4.39 Å². The number of likely N-dealkylation sites (tertiary alicyclic amines) is 1. The SMILES string of the molecule is C=N/C=C\n1c([C@@H]2CCCN2Cc2ccccc2)nc(-c2ccc(Oc3cccc(OC)c3F)cc2)c1C. The molecular weight excluding hydrogens is 479 g/mol. The summed E-state index contributed by atoms with van der Waals surface area (Å²) in [4.78, 5) is 11.6. The van der Waals surface area contributed by atoms with Crippen molar-refractivity contribution in [1.29, 1.82) is 0 Å².